The van der Waals surface area contributed by atoms with Gasteiger partial charge in [-0.2, -0.15) is 0 Å². The maximum Gasteiger partial charge on any atom is 0.251 e. The number of thiazole rings is 1. The Balaban J connectivity index is 1.28. The fraction of sp³-hybridized carbons (Fsp3) is 0.333. The van der Waals surface area contributed by atoms with E-state index in [0.717, 1.165) is 58.7 Å². The number of nitrogens with one attached hydrogen (secondary N) is 1. The van der Waals surface area contributed by atoms with Gasteiger partial charge in [-0.05, 0) is 36.8 Å². The highest BCUT2D eigenvalue weighted by molar-refractivity contribution is 7.22. The number of fused-ring (bicyclic) bond motifs is 1. The van der Waals surface area contributed by atoms with Crippen molar-refractivity contribution >= 4 is 44.2 Å². The Morgan fingerprint density at radius 1 is 1.24 bits per heavy atom. The summed E-state index contributed by atoms with van der Waals surface area (Å²) in [5.74, 6) is -0.648. The number of anilines is 1. The molecule has 2 heterocycles. The molecular formula is C21H22ClFN4OS. The second-order valence-electron chi connectivity index (χ2n) is 7.13. The van der Waals surface area contributed by atoms with Gasteiger partial charge in [0.2, 0.25) is 0 Å². The summed E-state index contributed by atoms with van der Waals surface area (Å²) in [6.07, 6.45) is 0. The topological polar surface area (TPSA) is 48.5 Å². The number of halogens is 2. The van der Waals surface area contributed by atoms with Crippen molar-refractivity contribution in [2.45, 2.75) is 6.92 Å². The molecule has 8 heteroatoms. The van der Waals surface area contributed by atoms with Crippen molar-refractivity contribution in [3.8, 4) is 0 Å². The van der Waals surface area contributed by atoms with Crippen LogP contribution in [0.15, 0.2) is 36.4 Å². The molecule has 1 fully saturated rings. The van der Waals surface area contributed by atoms with Crippen molar-refractivity contribution in [3.05, 3.63) is 58.4 Å². The lowest BCUT2D eigenvalue weighted by molar-refractivity contribution is 0.0947. The zero-order chi connectivity index (χ0) is 20.4. The third-order valence-corrected chi connectivity index (χ3v) is 6.71. The van der Waals surface area contributed by atoms with E-state index in [2.05, 4.69) is 22.0 Å². The van der Waals surface area contributed by atoms with Crippen LogP contribution in [0.5, 0.6) is 0 Å². The number of carbonyl (C=O) groups is 1. The fourth-order valence-corrected chi connectivity index (χ4v) is 4.82. The molecule has 1 saturated heterocycles. The average Bonchev–Trinajstić information content (AvgIpc) is 3.18. The molecule has 2 aromatic carbocycles. The second-order valence-corrected chi connectivity index (χ2v) is 8.52. The zero-order valence-corrected chi connectivity index (χ0v) is 17.7. The minimum Gasteiger partial charge on any atom is -0.351 e. The van der Waals surface area contributed by atoms with Gasteiger partial charge in [-0.1, -0.05) is 35.1 Å². The summed E-state index contributed by atoms with van der Waals surface area (Å²) in [5, 5.41) is 4.62. The number of hydrogen-bond donors (Lipinski definition) is 1. The monoisotopic (exact) mass is 432 g/mol. The first-order chi connectivity index (χ1) is 14.0. The molecule has 29 heavy (non-hydrogen) atoms. The van der Waals surface area contributed by atoms with Gasteiger partial charge < -0.3 is 10.2 Å². The molecule has 1 amide bonds. The molecule has 0 radical (unpaired) electrons. The van der Waals surface area contributed by atoms with Crippen molar-refractivity contribution in [2.24, 2.45) is 0 Å². The molecule has 1 aliphatic rings. The summed E-state index contributed by atoms with van der Waals surface area (Å²) in [4.78, 5) is 21.5. The quantitative estimate of drug-likeness (QED) is 0.663. The third-order valence-electron chi connectivity index (χ3n) is 5.13. The first-order valence-corrected chi connectivity index (χ1v) is 10.8. The SMILES string of the molecule is Cc1ccc(Cl)c2sc(N3CCN(CCNC(=O)c4cccc(F)c4)CC3)nc12. The number of nitrogens with zero attached hydrogens (tertiary/aromatic N) is 3. The maximum atomic E-state index is 13.2. The minimum atomic E-state index is -0.403. The summed E-state index contributed by atoms with van der Waals surface area (Å²) in [6, 6.07) is 9.67. The summed E-state index contributed by atoms with van der Waals surface area (Å²) in [5.41, 5.74) is 2.47. The Bertz CT molecular complexity index is 994. The van der Waals surface area contributed by atoms with Gasteiger partial charge in [0, 0.05) is 44.8 Å². The van der Waals surface area contributed by atoms with Crippen LogP contribution in [0.25, 0.3) is 10.2 Å². The van der Waals surface area contributed by atoms with Gasteiger partial charge >= 0.3 is 0 Å². The molecule has 0 aliphatic carbocycles. The lowest BCUT2D eigenvalue weighted by Crippen LogP contribution is -2.48. The first-order valence-electron chi connectivity index (χ1n) is 9.58. The highest BCUT2D eigenvalue weighted by Crippen LogP contribution is 2.35. The van der Waals surface area contributed by atoms with E-state index in [1.807, 2.05) is 12.1 Å². The zero-order valence-electron chi connectivity index (χ0n) is 16.1. The molecule has 0 spiro atoms. The Kier molecular flexibility index (Phi) is 5.99. The smallest absolute Gasteiger partial charge is 0.251 e. The standard InChI is InChI=1S/C21H22ClFN4OS/c1-14-5-6-17(22)19-18(14)25-21(29-19)27-11-9-26(10-12-27)8-7-24-20(28)15-3-2-4-16(23)13-15/h2-6,13H,7-12H2,1H3,(H,24,28). The molecular weight excluding hydrogens is 411 g/mol. The predicted octanol–water partition coefficient (Wildman–Crippen LogP) is 3.95. The van der Waals surface area contributed by atoms with Gasteiger partial charge in [-0.15, -0.1) is 0 Å². The van der Waals surface area contributed by atoms with Crippen LogP contribution < -0.4 is 10.2 Å². The molecule has 1 aromatic heterocycles. The number of aromatic nitrogens is 1. The average molecular weight is 433 g/mol. The van der Waals surface area contributed by atoms with Crippen LogP contribution in [-0.2, 0) is 0 Å². The van der Waals surface area contributed by atoms with Crippen LogP contribution in [0.3, 0.4) is 0 Å². The number of piperazine rings is 1. The van der Waals surface area contributed by atoms with Gasteiger partial charge in [0.15, 0.2) is 5.13 Å². The molecule has 3 aromatic rings. The molecule has 4 rings (SSSR count). The number of hydrogen-bond acceptors (Lipinski definition) is 5. The molecule has 1 aliphatic heterocycles. The number of benzene rings is 2. The van der Waals surface area contributed by atoms with E-state index in [1.54, 1.807) is 23.5 Å². The van der Waals surface area contributed by atoms with Crippen LogP contribution in [0, 0.1) is 12.7 Å². The van der Waals surface area contributed by atoms with Crippen molar-refractivity contribution in [1.29, 1.82) is 0 Å². The molecule has 0 atom stereocenters. The fourth-order valence-electron chi connectivity index (χ4n) is 3.45. The van der Waals surface area contributed by atoms with Crippen LogP contribution in [0.1, 0.15) is 15.9 Å². The molecule has 0 unspecified atom stereocenters. The van der Waals surface area contributed by atoms with Crippen molar-refractivity contribution in [3.63, 3.8) is 0 Å². The summed E-state index contributed by atoms with van der Waals surface area (Å²) in [6.45, 7) is 6.92. The lowest BCUT2D eigenvalue weighted by Gasteiger charge is -2.34. The van der Waals surface area contributed by atoms with E-state index >= 15 is 0 Å². The number of amides is 1. The second kappa shape index (κ2) is 8.65. The third kappa shape index (κ3) is 4.52. The lowest BCUT2D eigenvalue weighted by atomic mass is 10.2. The van der Waals surface area contributed by atoms with Crippen molar-refractivity contribution in [1.82, 2.24) is 15.2 Å². The molecule has 0 saturated carbocycles. The number of rotatable bonds is 5. The largest absolute Gasteiger partial charge is 0.351 e. The van der Waals surface area contributed by atoms with Crippen LogP contribution >= 0.6 is 22.9 Å². The van der Waals surface area contributed by atoms with Gasteiger partial charge in [0.05, 0.1) is 15.2 Å². The Labute approximate surface area is 178 Å². The molecule has 0 bridgehead atoms. The van der Waals surface area contributed by atoms with Gasteiger partial charge in [0.1, 0.15) is 5.82 Å². The van der Waals surface area contributed by atoms with Crippen molar-refractivity contribution < 1.29 is 9.18 Å². The molecule has 1 N–H and O–H groups in total. The van der Waals surface area contributed by atoms with E-state index in [9.17, 15) is 9.18 Å². The normalized spacial score (nSPS) is 15.1. The number of carbonyl (C=O) groups excluding carboxylic acids is 1. The van der Waals surface area contributed by atoms with Gasteiger partial charge in [0.25, 0.3) is 5.91 Å². The first kappa shape index (κ1) is 20.1. The molecule has 5 nitrogen and oxygen atoms in total. The summed E-state index contributed by atoms with van der Waals surface area (Å²) < 4.78 is 14.3. The minimum absolute atomic E-state index is 0.245. The van der Waals surface area contributed by atoms with E-state index in [1.165, 1.54) is 12.1 Å². The van der Waals surface area contributed by atoms with E-state index in [0.29, 0.717) is 12.1 Å². The van der Waals surface area contributed by atoms with Crippen LogP contribution in [0.2, 0.25) is 5.02 Å². The highest BCUT2D eigenvalue weighted by Gasteiger charge is 2.21. The Morgan fingerprint density at radius 2 is 2.03 bits per heavy atom. The van der Waals surface area contributed by atoms with Crippen molar-refractivity contribution in [2.75, 3.05) is 44.2 Å². The van der Waals surface area contributed by atoms with E-state index in [4.69, 9.17) is 16.6 Å². The highest BCUT2D eigenvalue weighted by atomic mass is 35.5. The molecule has 152 valence electrons. The van der Waals surface area contributed by atoms with Gasteiger partial charge in [-0.25, -0.2) is 9.37 Å². The van der Waals surface area contributed by atoms with Gasteiger partial charge in [-0.3, -0.25) is 9.69 Å². The Hall–Kier alpha value is -2.22. The van der Waals surface area contributed by atoms with Crippen LogP contribution in [0.4, 0.5) is 9.52 Å². The summed E-state index contributed by atoms with van der Waals surface area (Å²) >= 11 is 7.97. The van der Waals surface area contributed by atoms with E-state index in [-0.39, 0.29) is 5.91 Å². The maximum absolute atomic E-state index is 13.2. The predicted molar refractivity (Wildman–Crippen MR) is 117 cm³/mol. The number of aryl methyl sites for hydroxylation is 1. The van der Waals surface area contributed by atoms with E-state index < -0.39 is 5.82 Å². The van der Waals surface area contributed by atoms with Crippen LogP contribution in [-0.4, -0.2) is 55.1 Å². The summed E-state index contributed by atoms with van der Waals surface area (Å²) in [7, 11) is 0. The Morgan fingerprint density at radius 3 is 2.76 bits per heavy atom.